The van der Waals surface area contributed by atoms with Gasteiger partial charge >= 0.3 is 11.9 Å². The Morgan fingerprint density at radius 1 is 1.06 bits per heavy atom. The molecule has 0 spiro atoms. The Morgan fingerprint density at radius 2 is 1.74 bits per heavy atom. The highest BCUT2D eigenvalue weighted by Crippen LogP contribution is 2.67. The highest BCUT2D eigenvalue weighted by atomic mass is 16.4. The fourth-order valence-corrected chi connectivity index (χ4v) is 7.84. The van der Waals surface area contributed by atoms with Crippen molar-refractivity contribution in [2.75, 3.05) is 0 Å². The van der Waals surface area contributed by atoms with E-state index in [-0.39, 0.29) is 5.41 Å². The van der Waals surface area contributed by atoms with Crippen molar-refractivity contribution in [2.45, 2.75) is 84.2 Å². The predicted molar refractivity (Wildman–Crippen MR) is 114 cm³/mol. The number of carbonyl (C=O) groups is 2. The van der Waals surface area contributed by atoms with E-state index in [4.69, 9.17) is 10.2 Å². The molecule has 172 valence electrons. The van der Waals surface area contributed by atoms with E-state index in [1.807, 2.05) is 0 Å². The monoisotopic (exact) mass is 432 g/mol. The molecule has 5 rings (SSSR count). The second kappa shape index (κ2) is 7.61. The van der Waals surface area contributed by atoms with Crippen LogP contribution >= 0.6 is 0 Å². The number of hydrogen-bond acceptors (Lipinski definition) is 4. The number of hydrogen-bond donors (Lipinski definition) is 4. The van der Waals surface area contributed by atoms with Crippen LogP contribution in [0.5, 0.6) is 0 Å². The average Bonchev–Trinajstić information content (AvgIpc) is 3.20. The minimum Gasteiger partial charge on any atom is -0.481 e. The molecule has 4 aliphatic rings. The molecule has 0 bridgehead atoms. The van der Waals surface area contributed by atoms with Gasteiger partial charge in [-0.05, 0) is 98.4 Å². The zero-order valence-corrected chi connectivity index (χ0v) is 18.9. The van der Waals surface area contributed by atoms with Gasteiger partial charge in [-0.2, -0.15) is 5.10 Å². The van der Waals surface area contributed by atoms with Crippen LogP contribution in [0.25, 0.3) is 0 Å². The second-order valence-corrected chi connectivity index (χ2v) is 11.1. The van der Waals surface area contributed by atoms with Crippen molar-refractivity contribution in [3.63, 3.8) is 0 Å². The fraction of sp³-hybridized carbons (Fsp3) is 0.792. The summed E-state index contributed by atoms with van der Waals surface area (Å²) in [6.07, 6.45) is 11.2. The molecule has 0 aliphatic heterocycles. The van der Waals surface area contributed by atoms with Crippen LogP contribution in [0.4, 0.5) is 0 Å². The van der Waals surface area contributed by atoms with Crippen molar-refractivity contribution < 1.29 is 24.9 Å². The average molecular weight is 433 g/mol. The number of aliphatic carboxylic acids is 2. The highest BCUT2D eigenvalue weighted by Gasteiger charge is 2.63. The third-order valence-corrected chi connectivity index (χ3v) is 9.76. The molecule has 31 heavy (non-hydrogen) atoms. The van der Waals surface area contributed by atoms with E-state index in [1.54, 1.807) is 0 Å². The van der Waals surface area contributed by atoms with Gasteiger partial charge in [0.2, 0.25) is 0 Å². The zero-order chi connectivity index (χ0) is 22.6. The van der Waals surface area contributed by atoms with E-state index in [2.05, 4.69) is 37.2 Å². The number of rotatable bonds is 2. The summed E-state index contributed by atoms with van der Waals surface area (Å²) in [5, 5.41) is 34.0. The molecule has 0 radical (unpaired) electrons. The third-order valence-electron chi connectivity index (χ3n) is 9.76. The number of nitrogens with one attached hydrogen (secondary N) is 1. The van der Waals surface area contributed by atoms with Gasteiger partial charge < -0.3 is 15.3 Å². The number of fused-ring (bicyclic) bond motifs is 6. The lowest BCUT2D eigenvalue weighted by atomic mass is 9.44. The minimum absolute atomic E-state index is 0.146. The van der Waals surface area contributed by atoms with Crippen molar-refractivity contribution in [3.8, 4) is 0 Å². The van der Waals surface area contributed by atoms with E-state index in [0.29, 0.717) is 5.41 Å². The number of carboxylic acids is 2. The molecule has 4 N–H and O–H groups in total. The predicted octanol–water partition coefficient (Wildman–Crippen LogP) is 3.66. The standard InChI is InChI=1S/C21H32N2O.C3H4O4/c1-19-11-13-12-22-23-18(13)10-14(19)4-5-15-16(19)6-8-20(2)17(15)7-9-21(20,3)24;4-2(5)1-3(6)7/h12,14-17,24H,4-11H2,1-3H3,(H,22,23);1H2,(H,4,5)(H,6,7)/t14-,15+,16-,17-,19-,20-,21-;/m0./s1. The van der Waals surface area contributed by atoms with Crippen LogP contribution in [0, 0.1) is 34.5 Å². The fourth-order valence-electron chi connectivity index (χ4n) is 7.84. The number of aromatic nitrogens is 2. The molecule has 3 fully saturated rings. The van der Waals surface area contributed by atoms with Gasteiger partial charge in [0, 0.05) is 5.69 Å². The third kappa shape index (κ3) is 3.59. The van der Waals surface area contributed by atoms with Crippen LogP contribution in [0.2, 0.25) is 0 Å². The topological polar surface area (TPSA) is 124 Å². The lowest BCUT2D eigenvalue weighted by molar-refractivity contribution is -0.147. The van der Waals surface area contributed by atoms with Crippen molar-refractivity contribution in [1.29, 1.82) is 0 Å². The van der Waals surface area contributed by atoms with Gasteiger partial charge in [0.05, 0.1) is 11.8 Å². The maximum absolute atomic E-state index is 11.0. The van der Waals surface area contributed by atoms with Crippen LogP contribution in [-0.4, -0.2) is 43.1 Å². The number of carboxylic acid groups (broad SMARTS) is 2. The Morgan fingerprint density at radius 3 is 2.39 bits per heavy atom. The summed E-state index contributed by atoms with van der Waals surface area (Å²) in [7, 11) is 0. The Bertz CT molecular complexity index is 852. The van der Waals surface area contributed by atoms with Gasteiger partial charge in [-0.15, -0.1) is 0 Å². The van der Waals surface area contributed by atoms with Gasteiger partial charge in [-0.3, -0.25) is 14.7 Å². The molecule has 3 saturated carbocycles. The van der Waals surface area contributed by atoms with E-state index in [0.717, 1.165) is 30.1 Å². The normalized spacial score (nSPS) is 42.8. The lowest BCUT2D eigenvalue weighted by Crippen LogP contribution is -2.56. The Hall–Kier alpha value is -1.89. The molecular formula is C24H36N2O5. The lowest BCUT2D eigenvalue weighted by Gasteiger charge is -2.60. The maximum atomic E-state index is 11.0. The first-order chi connectivity index (χ1) is 14.5. The number of nitrogens with zero attached hydrogens (tertiary/aromatic N) is 1. The van der Waals surface area contributed by atoms with Gasteiger partial charge in [0.25, 0.3) is 0 Å². The summed E-state index contributed by atoms with van der Waals surface area (Å²) in [4.78, 5) is 18.9. The zero-order valence-electron chi connectivity index (χ0n) is 18.9. The maximum Gasteiger partial charge on any atom is 0.314 e. The first kappa shape index (κ1) is 22.3. The van der Waals surface area contributed by atoms with Crippen LogP contribution in [0.3, 0.4) is 0 Å². The largest absolute Gasteiger partial charge is 0.481 e. The van der Waals surface area contributed by atoms with E-state index in [9.17, 15) is 14.7 Å². The minimum atomic E-state index is -1.31. The Labute approximate surface area is 183 Å². The molecule has 0 unspecified atom stereocenters. The van der Waals surface area contributed by atoms with Crippen molar-refractivity contribution in [1.82, 2.24) is 10.2 Å². The molecule has 7 nitrogen and oxygen atoms in total. The number of aromatic amines is 1. The van der Waals surface area contributed by atoms with E-state index in [1.165, 1.54) is 56.2 Å². The molecule has 1 heterocycles. The van der Waals surface area contributed by atoms with Gasteiger partial charge in [0.1, 0.15) is 6.42 Å². The summed E-state index contributed by atoms with van der Waals surface area (Å²) in [5.74, 6) is 0.589. The van der Waals surface area contributed by atoms with E-state index < -0.39 is 24.0 Å². The van der Waals surface area contributed by atoms with Crippen molar-refractivity contribution in [2.24, 2.45) is 34.5 Å². The number of H-pyrrole nitrogens is 1. The molecule has 7 heteroatoms. The van der Waals surface area contributed by atoms with Crippen LogP contribution in [0.1, 0.15) is 77.0 Å². The first-order valence-electron chi connectivity index (χ1n) is 11.6. The molecular weight excluding hydrogens is 396 g/mol. The quantitative estimate of drug-likeness (QED) is 0.529. The first-order valence-corrected chi connectivity index (χ1v) is 11.6. The molecule has 0 amide bonds. The molecule has 7 atom stereocenters. The summed E-state index contributed by atoms with van der Waals surface area (Å²) in [5.41, 5.74) is 3.01. The summed E-state index contributed by atoms with van der Waals surface area (Å²) < 4.78 is 0. The van der Waals surface area contributed by atoms with Gasteiger partial charge in [-0.1, -0.05) is 13.8 Å². The molecule has 1 aromatic heterocycles. The molecule has 1 aromatic rings. The SMILES string of the molecule is C[C@]12Cc3cn[nH]c3C[C@@H]1CC[C@@H]1[C@@H]2CC[C@@]2(C)[C@H]1CC[C@]2(C)O.O=C(O)CC(=O)O. The highest BCUT2D eigenvalue weighted by molar-refractivity contribution is 5.88. The van der Waals surface area contributed by atoms with Crippen molar-refractivity contribution >= 4 is 11.9 Å². The van der Waals surface area contributed by atoms with Crippen LogP contribution in [-0.2, 0) is 22.4 Å². The van der Waals surface area contributed by atoms with E-state index >= 15 is 0 Å². The molecule has 0 aromatic carbocycles. The smallest absolute Gasteiger partial charge is 0.314 e. The summed E-state index contributed by atoms with van der Waals surface area (Å²) in [6, 6.07) is 0. The Kier molecular flexibility index (Phi) is 5.48. The molecule has 4 aliphatic carbocycles. The summed E-state index contributed by atoms with van der Waals surface area (Å²) >= 11 is 0. The van der Waals surface area contributed by atoms with Crippen LogP contribution in [0.15, 0.2) is 6.20 Å². The van der Waals surface area contributed by atoms with Crippen LogP contribution < -0.4 is 0 Å². The number of aliphatic hydroxyl groups is 1. The Balaban J connectivity index is 0.000000289. The second-order valence-electron chi connectivity index (χ2n) is 11.1. The summed E-state index contributed by atoms with van der Waals surface area (Å²) in [6.45, 7) is 7.09. The van der Waals surface area contributed by atoms with Crippen molar-refractivity contribution in [3.05, 3.63) is 17.5 Å². The van der Waals surface area contributed by atoms with Gasteiger partial charge in [0.15, 0.2) is 0 Å². The molecule has 0 saturated heterocycles. The van der Waals surface area contributed by atoms with Gasteiger partial charge in [-0.25, -0.2) is 0 Å².